The topological polar surface area (TPSA) is 126 Å². The van der Waals surface area contributed by atoms with Crippen molar-refractivity contribution in [2.45, 2.75) is 79.4 Å². The predicted octanol–water partition coefficient (Wildman–Crippen LogP) is 1.46. The summed E-state index contributed by atoms with van der Waals surface area (Å²) in [5.74, 6) is -0.559. The second kappa shape index (κ2) is 12.3. The van der Waals surface area contributed by atoms with Crippen LogP contribution in [0.4, 0.5) is 4.79 Å². The molecule has 0 rings (SSSR count). The van der Waals surface area contributed by atoms with Gasteiger partial charge in [0.25, 0.3) is 0 Å². The monoisotopic (exact) mass is 414 g/mol. The van der Waals surface area contributed by atoms with E-state index in [-0.39, 0.29) is 24.3 Å². The molecule has 0 bridgehead atoms. The Kier molecular flexibility index (Phi) is 11.3. The summed E-state index contributed by atoms with van der Waals surface area (Å²) in [7, 11) is 0. The van der Waals surface area contributed by atoms with E-state index in [0.29, 0.717) is 32.4 Å². The van der Waals surface area contributed by atoms with Gasteiger partial charge in [0.2, 0.25) is 17.7 Å². The minimum Gasteiger partial charge on any atom is -0.444 e. The van der Waals surface area contributed by atoms with E-state index in [1.54, 1.807) is 20.8 Å². The Bertz CT molecular complexity index is 564. The highest BCUT2D eigenvalue weighted by Gasteiger charge is 2.24. The van der Waals surface area contributed by atoms with E-state index in [2.05, 4.69) is 21.3 Å². The molecule has 0 radical (unpaired) electrons. The molecular formula is C20H38N4O5. The van der Waals surface area contributed by atoms with Gasteiger partial charge in [-0.1, -0.05) is 20.8 Å². The Morgan fingerprint density at radius 2 is 1.41 bits per heavy atom. The third kappa shape index (κ3) is 14.3. The molecule has 0 fully saturated rings. The summed E-state index contributed by atoms with van der Waals surface area (Å²) in [6.07, 6.45) is 1.04. The molecule has 9 heteroatoms. The van der Waals surface area contributed by atoms with Gasteiger partial charge in [-0.3, -0.25) is 14.4 Å². The lowest BCUT2D eigenvalue weighted by atomic mass is 9.95. The molecule has 4 amide bonds. The number of ether oxygens (including phenoxy) is 1. The average molecular weight is 415 g/mol. The van der Waals surface area contributed by atoms with E-state index in [4.69, 9.17) is 4.74 Å². The summed E-state index contributed by atoms with van der Waals surface area (Å²) in [6, 6.07) is -0.763. The van der Waals surface area contributed by atoms with E-state index in [0.717, 1.165) is 0 Å². The van der Waals surface area contributed by atoms with Crippen LogP contribution in [0.3, 0.4) is 0 Å². The SMILES string of the molecule is CC(=O)NCCNC(=O)C(CCCCNC(=O)C(C)(C)C)NC(=O)OC(C)(C)C. The Morgan fingerprint density at radius 1 is 0.828 bits per heavy atom. The number of rotatable bonds is 10. The Morgan fingerprint density at radius 3 is 1.93 bits per heavy atom. The Labute approximate surface area is 174 Å². The highest BCUT2D eigenvalue weighted by Crippen LogP contribution is 2.12. The second-order valence-electron chi connectivity index (χ2n) is 8.97. The smallest absolute Gasteiger partial charge is 0.408 e. The normalized spacial score (nSPS) is 12.5. The van der Waals surface area contributed by atoms with Crippen molar-refractivity contribution in [3.8, 4) is 0 Å². The van der Waals surface area contributed by atoms with Crippen molar-refractivity contribution in [3.05, 3.63) is 0 Å². The molecule has 29 heavy (non-hydrogen) atoms. The first-order valence-corrected chi connectivity index (χ1v) is 10.0. The molecule has 0 aromatic rings. The number of amides is 4. The molecule has 0 saturated heterocycles. The van der Waals surface area contributed by atoms with Crippen LogP contribution in [0.5, 0.6) is 0 Å². The van der Waals surface area contributed by atoms with E-state index in [1.807, 2.05) is 20.8 Å². The zero-order valence-corrected chi connectivity index (χ0v) is 18.9. The number of hydrogen-bond donors (Lipinski definition) is 4. The standard InChI is InChI=1S/C20H38N4O5/c1-14(25)21-12-13-22-16(26)15(24-18(28)29-20(5,6)7)10-8-9-11-23-17(27)19(2,3)4/h15H,8-13H2,1-7H3,(H,21,25)(H,22,26)(H,23,27)(H,24,28). The number of nitrogens with one attached hydrogen (secondary N) is 4. The summed E-state index contributed by atoms with van der Waals surface area (Å²) >= 11 is 0. The van der Waals surface area contributed by atoms with Gasteiger partial charge in [-0.2, -0.15) is 0 Å². The zero-order chi connectivity index (χ0) is 22.7. The molecule has 1 unspecified atom stereocenters. The Balaban J connectivity index is 4.58. The maximum absolute atomic E-state index is 12.4. The number of unbranched alkanes of at least 4 members (excludes halogenated alkanes) is 1. The third-order valence-electron chi connectivity index (χ3n) is 3.69. The number of hydrogen-bond acceptors (Lipinski definition) is 5. The molecule has 168 valence electrons. The van der Waals surface area contributed by atoms with Crippen molar-refractivity contribution in [1.82, 2.24) is 21.3 Å². The van der Waals surface area contributed by atoms with E-state index < -0.39 is 23.2 Å². The summed E-state index contributed by atoms with van der Waals surface area (Å²) in [5, 5.41) is 10.7. The van der Waals surface area contributed by atoms with Crippen molar-refractivity contribution in [3.63, 3.8) is 0 Å². The van der Waals surface area contributed by atoms with Crippen molar-refractivity contribution in [1.29, 1.82) is 0 Å². The van der Waals surface area contributed by atoms with E-state index in [9.17, 15) is 19.2 Å². The van der Waals surface area contributed by atoms with Crippen LogP contribution in [0.25, 0.3) is 0 Å². The van der Waals surface area contributed by atoms with Crippen molar-refractivity contribution in [2.24, 2.45) is 5.41 Å². The maximum Gasteiger partial charge on any atom is 0.408 e. The largest absolute Gasteiger partial charge is 0.444 e. The van der Waals surface area contributed by atoms with Crippen molar-refractivity contribution >= 4 is 23.8 Å². The fourth-order valence-corrected chi connectivity index (χ4v) is 2.21. The molecule has 0 aliphatic carbocycles. The first-order chi connectivity index (χ1) is 13.2. The molecular weight excluding hydrogens is 376 g/mol. The van der Waals surface area contributed by atoms with Crippen LogP contribution in [0.2, 0.25) is 0 Å². The molecule has 0 spiro atoms. The summed E-state index contributed by atoms with van der Waals surface area (Å²) < 4.78 is 5.23. The molecule has 0 aliphatic rings. The quantitative estimate of drug-likeness (QED) is 0.403. The number of alkyl carbamates (subject to hydrolysis) is 1. The molecule has 0 aromatic heterocycles. The second-order valence-corrected chi connectivity index (χ2v) is 8.97. The van der Waals surface area contributed by atoms with Gasteiger partial charge in [0.15, 0.2) is 0 Å². The Hall–Kier alpha value is -2.32. The summed E-state index contributed by atoms with van der Waals surface area (Å²) in [6.45, 7) is 13.2. The van der Waals surface area contributed by atoms with E-state index >= 15 is 0 Å². The van der Waals surface area contributed by atoms with Crippen LogP contribution < -0.4 is 21.3 Å². The van der Waals surface area contributed by atoms with Crippen molar-refractivity contribution in [2.75, 3.05) is 19.6 Å². The maximum atomic E-state index is 12.4. The molecule has 0 aliphatic heterocycles. The molecule has 9 nitrogen and oxygen atoms in total. The molecule has 4 N–H and O–H groups in total. The van der Waals surface area contributed by atoms with Crippen LogP contribution in [-0.4, -0.2) is 55.1 Å². The third-order valence-corrected chi connectivity index (χ3v) is 3.69. The molecule has 0 heterocycles. The van der Waals surface area contributed by atoms with Crippen LogP contribution in [-0.2, 0) is 19.1 Å². The van der Waals surface area contributed by atoms with Crippen LogP contribution in [0.15, 0.2) is 0 Å². The lowest BCUT2D eigenvalue weighted by Crippen LogP contribution is -2.49. The zero-order valence-electron chi connectivity index (χ0n) is 18.9. The summed E-state index contributed by atoms with van der Waals surface area (Å²) in [4.78, 5) is 47.2. The first-order valence-electron chi connectivity index (χ1n) is 10.0. The van der Waals surface area contributed by atoms with Gasteiger partial charge in [0, 0.05) is 32.0 Å². The minimum absolute atomic E-state index is 0.0309. The minimum atomic E-state index is -0.763. The van der Waals surface area contributed by atoms with Gasteiger partial charge < -0.3 is 26.0 Å². The summed E-state index contributed by atoms with van der Waals surface area (Å²) in [5.41, 5.74) is -1.12. The fourth-order valence-electron chi connectivity index (χ4n) is 2.21. The van der Waals surface area contributed by atoms with Gasteiger partial charge in [-0.25, -0.2) is 4.79 Å². The van der Waals surface area contributed by atoms with Gasteiger partial charge in [-0.05, 0) is 40.0 Å². The van der Waals surface area contributed by atoms with Gasteiger partial charge in [-0.15, -0.1) is 0 Å². The van der Waals surface area contributed by atoms with Gasteiger partial charge in [0.05, 0.1) is 0 Å². The van der Waals surface area contributed by atoms with E-state index in [1.165, 1.54) is 6.92 Å². The molecule has 0 aromatic carbocycles. The van der Waals surface area contributed by atoms with Crippen LogP contribution in [0.1, 0.15) is 67.7 Å². The fraction of sp³-hybridized carbons (Fsp3) is 0.800. The van der Waals surface area contributed by atoms with Gasteiger partial charge in [0.1, 0.15) is 11.6 Å². The molecule has 0 saturated carbocycles. The number of carbonyl (C=O) groups excluding carboxylic acids is 4. The van der Waals surface area contributed by atoms with Crippen LogP contribution >= 0.6 is 0 Å². The highest BCUT2D eigenvalue weighted by atomic mass is 16.6. The number of carbonyl (C=O) groups is 4. The molecule has 1 atom stereocenters. The lowest BCUT2D eigenvalue weighted by Gasteiger charge is -2.23. The highest BCUT2D eigenvalue weighted by molar-refractivity contribution is 5.85. The average Bonchev–Trinajstić information content (AvgIpc) is 2.54. The first kappa shape index (κ1) is 26.7. The van der Waals surface area contributed by atoms with Crippen molar-refractivity contribution < 1.29 is 23.9 Å². The van der Waals surface area contributed by atoms with Gasteiger partial charge >= 0.3 is 6.09 Å². The van der Waals surface area contributed by atoms with Crippen LogP contribution in [0, 0.1) is 5.41 Å². The lowest BCUT2D eigenvalue weighted by molar-refractivity contribution is -0.128. The predicted molar refractivity (Wildman–Crippen MR) is 111 cm³/mol.